The molecule has 1 aliphatic heterocycles. The van der Waals surface area contributed by atoms with Gasteiger partial charge in [0.1, 0.15) is 17.2 Å². The molecule has 0 amide bonds. The molecule has 5 rings (SSSR count). The summed E-state index contributed by atoms with van der Waals surface area (Å²) in [6, 6.07) is 12.4. The molecular weight excluding hydrogens is 348 g/mol. The van der Waals surface area contributed by atoms with Crippen LogP contribution in [0.5, 0.6) is 5.88 Å². The number of rotatable bonds is 3. The number of thiazole rings is 1. The van der Waals surface area contributed by atoms with Gasteiger partial charge >= 0.3 is 0 Å². The summed E-state index contributed by atoms with van der Waals surface area (Å²) in [4.78, 5) is 7.33. The molecule has 2 N–H and O–H groups in total. The average Bonchev–Trinajstić information content (AvgIpc) is 3.36. The van der Waals surface area contributed by atoms with E-state index in [4.69, 9.17) is 4.42 Å². The van der Waals surface area contributed by atoms with E-state index in [9.17, 15) is 5.11 Å². The Morgan fingerprint density at radius 3 is 2.85 bits per heavy atom. The van der Waals surface area contributed by atoms with Crippen LogP contribution in [0.2, 0.25) is 0 Å². The number of hydrogen-bond donors (Lipinski definition) is 2. The highest BCUT2D eigenvalue weighted by Gasteiger charge is 2.36. The summed E-state index contributed by atoms with van der Waals surface area (Å²) in [5.74, 6) is 1.68. The molecule has 6 nitrogen and oxygen atoms in total. The molecule has 4 heterocycles. The van der Waals surface area contributed by atoms with Gasteiger partial charge in [-0.3, -0.25) is 0 Å². The van der Waals surface area contributed by atoms with Gasteiger partial charge in [-0.15, -0.1) is 5.10 Å². The second kappa shape index (κ2) is 5.96. The molecule has 0 fully saturated rings. The summed E-state index contributed by atoms with van der Waals surface area (Å²) < 4.78 is 7.30. The highest BCUT2D eigenvalue weighted by molar-refractivity contribution is 7.17. The van der Waals surface area contributed by atoms with Gasteiger partial charge in [0, 0.05) is 12.0 Å². The van der Waals surface area contributed by atoms with Gasteiger partial charge in [0.2, 0.25) is 10.8 Å². The zero-order chi connectivity index (χ0) is 17.7. The number of aromatic nitrogens is 3. The lowest BCUT2D eigenvalue weighted by Crippen LogP contribution is -3.12. The maximum atomic E-state index is 10.8. The highest BCUT2D eigenvalue weighted by atomic mass is 32.1. The van der Waals surface area contributed by atoms with Crippen molar-refractivity contribution >= 4 is 16.3 Å². The van der Waals surface area contributed by atoms with Gasteiger partial charge in [0.05, 0.1) is 12.8 Å². The summed E-state index contributed by atoms with van der Waals surface area (Å²) in [5.41, 5.74) is 2.78. The van der Waals surface area contributed by atoms with Crippen LogP contribution in [0.3, 0.4) is 0 Å². The predicted molar refractivity (Wildman–Crippen MR) is 97.5 cm³/mol. The number of benzene rings is 1. The van der Waals surface area contributed by atoms with Gasteiger partial charge < -0.3 is 14.4 Å². The van der Waals surface area contributed by atoms with Crippen LogP contribution in [-0.4, -0.2) is 26.2 Å². The molecule has 0 radical (unpaired) electrons. The molecule has 0 spiro atoms. The summed E-state index contributed by atoms with van der Waals surface area (Å²) in [6.45, 7) is 3.71. The highest BCUT2D eigenvalue weighted by Crippen LogP contribution is 2.35. The minimum atomic E-state index is -0.0767. The van der Waals surface area contributed by atoms with E-state index in [1.807, 2.05) is 19.1 Å². The Labute approximate surface area is 154 Å². The molecule has 0 aliphatic carbocycles. The first-order chi connectivity index (χ1) is 12.7. The monoisotopic (exact) mass is 367 g/mol. The predicted octanol–water partition coefficient (Wildman–Crippen LogP) is 2.13. The van der Waals surface area contributed by atoms with E-state index < -0.39 is 0 Å². The van der Waals surface area contributed by atoms with Gasteiger partial charge in [-0.25, -0.2) is 4.98 Å². The fourth-order valence-corrected chi connectivity index (χ4v) is 5.02. The van der Waals surface area contributed by atoms with Crippen molar-refractivity contribution in [3.63, 3.8) is 0 Å². The van der Waals surface area contributed by atoms with Crippen LogP contribution in [0.4, 0.5) is 0 Å². The molecule has 26 heavy (non-hydrogen) atoms. The molecule has 0 saturated heterocycles. The SMILES string of the molecule is Cc1nc2sc([C@H](c3ccco3)[NH+]3CCc4ccccc4C3)c(O)n2n1. The van der Waals surface area contributed by atoms with Crippen molar-refractivity contribution in [2.45, 2.75) is 25.9 Å². The van der Waals surface area contributed by atoms with Crippen LogP contribution in [0.25, 0.3) is 4.96 Å². The van der Waals surface area contributed by atoms with Crippen LogP contribution in [0, 0.1) is 6.92 Å². The second-order valence-corrected chi connectivity index (χ2v) is 7.70. The van der Waals surface area contributed by atoms with Crippen LogP contribution in [0.1, 0.15) is 33.6 Å². The Balaban J connectivity index is 1.60. The first-order valence-corrected chi connectivity index (χ1v) is 9.52. The maximum Gasteiger partial charge on any atom is 0.235 e. The topological polar surface area (TPSA) is 68.0 Å². The smallest absolute Gasteiger partial charge is 0.235 e. The number of quaternary nitrogens is 1. The Morgan fingerprint density at radius 1 is 1.23 bits per heavy atom. The van der Waals surface area contributed by atoms with E-state index >= 15 is 0 Å². The van der Waals surface area contributed by atoms with Gasteiger partial charge in [0.15, 0.2) is 11.8 Å². The van der Waals surface area contributed by atoms with Crippen molar-refractivity contribution in [2.75, 3.05) is 6.54 Å². The van der Waals surface area contributed by atoms with Crippen molar-refractivity contribution in [3.05, 3.63) is 70.3 Å². The Kier molecular flexibility index (Phi) is 3.58. The number of nitrogens with one attached hydrogen (secondary N) is 1. The molecule has 4 aromatic rings. The lowest BCUT2D eigenvalue weighted by atomic mass is 9.97. The third kappa shape index (κ3) is 2.43. The van der Waals surface area contributed by atoms with E-state index in [2.05, 4.69) is 34.3 Å². The van der Waals surface area contributed by atoms with Crippen LogP contribution in [-0.2, 0) is 13.0 Å². The maximum absolute atomic E-state index is 10.8. The molecule has 0 bridgehead atoms. The number of aryl methyl sites for hydroxylation is 1. The van der Waals surface area contributed by atoms with E-state index in [1.165, 1.54) is 31.9 Å². The molecule has 3 aromatic heterocycles. The summed E-state index contributed by atoms with van der Waals surface area (Å²) in [5, 5.41) is 15.1. The van der Waals surface area contributed by atoms with E-state index in [1.54, 1.807) is 6.26 Å². The van der Waals surface area contributed by atoms with Crippen molar-refractivity contribution < 1.29 is 14.4 Å². The minimum Gasteiger partial charge on any atom is -0.492 e. The molecule has 1 aromatic carbocycles. The number of furan rings is 1. The lowest BCUT2D eigenvalue weighted by Gasteiger charge is -2.31. The third-order valence-electron chi connectivity index (χ3n) is 5.06. The molecule has 7 heteroatoms. The Hall–Kier alpha value is -2.64. The van der Waals surface area contributed by atoms with Gasteiger partial charge in [0.25, 0.3) is 0 Å². The normalized spacial score (nSPS) is 18.1. The number of nitrogens with zero attached hydrogens (tertiary/aromatic N) is 3. The standard InChI is InChI=1S/C19H18N4O2S/c1-12-20-19-23(21-12)18(24)17(26-19)16(15-7-4-10-25-15)22-9-8-13-5-2-3-6-14(13)11-22/h2-7,10,16,24H,8-9,11H2,1H3/p+1/t16-/m0/s1. The van der Waals surface area contributed by atoms with Crippen LogP contribution < -0.4 is 4.90 Å². The zero-order valence-corrected chi connectivity index (χ0v) is 15.2. The van der Waals surface area contributed by atoms with Gasteiger partial charge in [-0.2, -0.15) is 4.52 Å². The number of hydrogen-bond acceptors (Lipinski definition) is 5. The van der Waals surface area contributed by atoms with Crippen molar-refractivity contribution in [1.29, 1.82) is 0 Å². The zero-order valence-electron chi connectivity index (χ0n) is 14.3. The van der Waals surface area contributed by atoms with Crippen molar-refractivity contribution in [3.8, 4) is 5.88 Å². The molecule has 1 unspecified atom stereocenters. The van der Waals surface area contributed by atoms with Gasteiger partial charge in [-0.1, -0.05) is 35.6 Å². The van der Waals surface area contributed by atoms with Crippen LogP contribution in [0.15, 0.2) is 47.1 Å². The third-order valence-corrected chi connectivity index (χ3v) is 6.14. The largest absolute Gasteiger partial charge is 0.492 e. The summed E-state index contributed by atoms with van der Waals surface area (Å²) >= 11 is 1.48. The first kappa shape index (κ1) is 15.6. The van der Waals surface area contributed by atoms with E-state index in [-0.39, 0.29) is 11.9 Å². The van der Waals surface area contributed by atoms with Crippen molar-refractivity contribution in [1.82, 2.24) is 14.6 Å². The lowest BCUT2D eigenvalue weighted by molar-refractivity contribution is -0.941. The number of fused-ring (bicyclic) bond motifs is 2. The van der Waals surface area contributed by atoms with E-state index in [0.29, 0.717) is 10.8 Å². The van der Waals surface area contributed by atoms with Gasteiger partial charge in [-0.05, 0) is 24.6 Å². The molecule has 1 aliphatic rings. The van der Waals surface area contributed by atoms with Crippen LogP contribution >= 0.6 is 11.3 Å². The molecule has 132 valence electrons. The summed E-state index contributed by atoms with van der Waals surface area (Å²) in [6.07, 6.45) is 2.71. The fourth-order valence-electron chi connectivity index (χ4n) is 3.86. The number of aromatic hydroxyl groups is 1. The Morgan fingerprint density at radius 2 is 2.08 bits per heavy atom. The Bertz CT molecular complexity index is 1070. The fraction of sp³-hybridized carbons (Fsp3) is 0.263. The molecular formula is C19H19N4O2S+. The minimum absolute atomic E-state index is 0.0767. The van der Waals surface area contributed by atoms with E-state index in [0.717, 1.165) is 30.1 Å². The second-order valence-electron chi connectivity index (χ2n) is 6.70. The average molecular weight is 367 g/mol. The van der Waals surface area contributed by atoms with Crippen molar-refractivity contribution in [2.24, 2.45) is 0 Å². The quantitative estimate of drug-likeness (QED) is 0.582. The molecule has 0 saturated carbocycles. The molecule has 2 atom stereocenters. The first-order valence-electron chi connectivity index (χ1n) is 8.70. The summed E-state index contributed by atoms with van der Waals surface area (Å²) in [7, 11) is 0.